The normalized spacial score (nSPS) is 17.3. The molecule has 158 valence electrons. The molecule has 2 N–H and O–H groups in total. The first-order valence-corrected chi connectivity index (χ1v) is 10.8. The second-order valence-corrected chi connectivity index (χ2v) is 8.84. The second kappa shape index (κ2) is 8.71. The Morgan fingerprint density at radius 1 is 1.43 bits per heavy atom. The maximum Gasteiger partial charge on any atom is 0.237 e. The van der Waals surface area contributed by atoms with Crippen molar-refractivity contribution >= 4 is 39.7 Å². The minimum absolute atomic E-state index is 0.0285. The van der Waals surface area contributed by atoms with E-state index in [1.807, 2.05) is 23.7 Å². The van der Waals surface area contributed by atoms with Crippen LogP contribution < -0.4 is 10.6 Å². The van der Waals surface area contributed by atoms with E-state index in [2.05, 4.69) is 15.6 Å². The molecule has 0 aliphatic carbocycles. The summed E-state index contributed by atoms with van der Waals surface area (Å²) >= 11 is 7.71. The zero-order chi connectivity index (χ0) is 21.3. The first-order valence-electron chi connectivity index (χ1n) is 9.56. The third kappa shape index (κ3) is 4.48. The Morgan fingerprint density at radius 2 is 2.27 bits per heavy atom. The number of hydrogen-bond acceptors (Lipinski definition) is 5. The van der Waals surface area contributed by atoms with E-state index in [1.54, 1.807) is 22.3 Å². The number of carbonyl (C=O) groups is 2. The van der Waals surface area contributed by atoms with Crippen LogP contribution in [0.5, 0.6) is 0 Å². The van der Waals surface area contributed by atoms with E-state index < -0.39 is 11.9 Å². The van der Waals surface area contributed by atoms with Crippen LogP contribution in [0.4, 0.5) is 4.39 Å². The summed E-state index contributed by atoms with van der Waals surface area (Å²) in [6, 6.07) is 3.80. The van der Waals surface area contributed by atoms with Gasteiger partial charge in [0, 0.05) is 47.5 Å². The van der Waals surface area contributed by atoms with E-state index in [4.69, 9.17) is 11.6 Å². The predicted molar refractivity (Wildman–Crippen MR) is 113 cm³/mol. The van der Waals surface area contributed by atoms with Crippen molar-refractivity contribution < 1.29 is 14.0 Å². The van der Waals surface area contributed by atoms with Gasteiger partial charge in [0.05, 0.1) is 24.7 Å². The van der Waals surface area contributed by atoms with Gasteiger partial charge >= 0.3 is 0 Å². The number of halogens is 2. The van der Waals surface area contributed by atoms with Crippen molar-refractivity contribution in [2.24, 2.45) is 0 Å². The third-order valence-corrected chi connectivity index (χ3v) is 6.30. The van der Waals surface area contributed by atoms with Crippen molar-refractivity contribution in [2.75, 3.05) is 13.1 Å². The number of imidazole rings is 1. The van der Waals surface area contributed by atoms with Crippen molar-refractivity contribution in [3.8, 4) is 0 Å². The number of carbonyl (C=O) groups excluding carboxylic acids is 2. The van der Waals surface area contributed by atoms with Crippen LogP contribution in [-0.4, -0.2) is 45.2 Å². The van der Waals surface area contributed by atoms with Gasteiger partial charge in [-0.05, 0) is 19.1 Å². The van der Waals surface area contributed by atoms with Gasteiger partial charge in [0.2, 0.25) is 11.8 Å². The molecule has 0 radical (unpaired) electrons. The molecule has 1 aromatic carbocycles. The van der Waals surface area contributed by atoms with Crippen molar-refractivity contribution in [1.82, 2.24) is 24.9 Å². The zero-order valence-electron chi connectivity index (χ0n) is 16.3. The summed E-state index contributed by atoms with van der Waals surface area (Å²) in [6.45, 7) is 3.39. The van der Waals surface area contributed by atoms with Crippen LogP contribution in [-0.2, 0) is 22.7 Å². The number of nitrogens with zero attached hydrogens (tertiary/aromatic N) is 3. The molecule has 7 nitrogen and oxygen atoms in total. The van der Waals surface area contributed by atoms with Crippen LogP contribution >= 0.6 is 22.9 Å². The third-order valence-electron chi connectivity index (χ3n) is 5.03. The number of rotatable bonds is 6. The van der Waals surface area contributed by atoms with Crippen molar-refractivity contribution in [3.63, 3.8) is 0 Å². The SMILES string of the molecule is Cc1cn2cc(CNC(=O)CC3C(=O)NCCN3Cc3c(F)cccc3Cl)nc2s1. The van der Waals surface area contributed by atoms with Gasteiger partial charge in [-0.2, -0.15) is 0 Å². The number of benzene rings is 1. The molecule has 0 spiro atoms. The summed E-state index contributed by atoms with van der Waals surface area (Å²) in [4.78, 5) is 33.2. The molecule has 2 amide bonds. The largest absolute Gasteiger partial charge is 0.353 e. The van der Waals surface area contributed by atoms with Gasteiger partial charge in [-0.3, -0.25) is 18.9 Å². The predicted octanol–water partition coefficient (Wildman–Crippen LogP) is 2.50. The Labute approximate surface area is 181 Å². The highest BCUT2D eigenvalue weighted by Crippen LogP contribution is 2.23. The van der Waals surface area contributed by atoms with Gasteiger partial charge in [0.15, 0.2) is 4.96 Å². The molecule has 3 aromatic rings. The molecule has 4 rings (SSSR count). The summed E-state index contributed by atoms with van der Waals surface area (Å²) in [5.41, 5.74) is 1.07. The number of fused-ring (bicyclic) bond motifs is 1. The molecular weight excluding hydrogens is 429 g/mol. The highest BCUT2D eigenvalue weighted by atomic mass is 35.5. The minimum atomic E-state index is -0.692. The molecule has 10 heteroatoms. The minimum Gasteiger partial charge on any atom is -0.353 e. The van der Waals surface area contributed by atoms with Crippen LogP contribution in [0, 0.1) is 12.7 Å². The lowest BCUT2D eigenvalue weighted by molar-refractivity contribution is -0.134. The summed E-state index contributed by atoms with van der Waals surface area (Å²) in [5.74, 6) is -0.942. The maximum absolute atomic E-state index is 14.2. The fourth-order valence-electron chi connectivity index (χ4n) is 3.54. The standard InChI is InChI=1S/C20H21ClFN5O2S/c1-12-9-27-10-13(25-20(27)30-12)8-24-18(28)7-17-19(29)23-5-6-26(17)11-14-15(21)3-2-4-16(14)22/h2-4,9-10,17H,5-8,11H2,1H3,(H,23,29)(H,24,28). The topological polar surface area (TPSA) is 78.7 Å². The molecule has 1 fully saturated rings. The van der Waals surface area contributed by atoms with Crippen LogP contribution in [0.15, 0.2) is 30.6 Å². The number of amides is 2. The molecule has 1 aliphatic heterocycles. The summed E-state index contributed by atoms with van der Waals surface area (Å²) in [5, 5.41) is 5.90. The lowest BCUT2D eigenvalue weighted by atomic mass is 10.1. The molecule has 1 aliphatic rings. The van der Waals surface area contributed by atoms with Gasteiger partial charge < -0.3 is 10.6 Å². The molecule has 1 atom stereocenters. The molecule has 0 bridgehead atoms. The molecular formula is C20H21ClFN5O2S. The molecule has 1 unspecified atom stereocenters. The van der Waals surface area contributed by atoms with Crippen molar-refractivity contribution in [3.05, 3.63) is 57.6 Å². The van der Waals surface area contributed by atoms with E-state index in [0.29, 0.717) is 23.7 Å². The van der Waals surface area contributed by atoms with Crippen molar-refractivity contribution in [2.45, 2.75) is 32.5 Å². The number of aryl methyl sites for hydroxylation is 1. The van der Waals surface area contributed by atoms with E-state index in [-0.39, 0.29) is 31.3 Å². The monoisotopic (exact) mass is 449 g/mol. The smallest absolute Gasteiger partial charge is 0.237 e. The van der Waals surface area contributed by atoms with Gasteiger partial charge in [-0.25, -0.2) is 9.37 Å². The van der Waals surface area contributed by atoms with E-state index >= 15 is 0 Å². The molecule has 2 aromatic heterocycles. The van der Waals surface area contributed by atoms with Crippen LogP contribution in [0.25, 0.3) is 4.96 Å². The summed E-state index contributed by atoms with van der Waals surface area (Å²) in [6.07, 6.45) is 3.83. The Kier molecular flexibility index (Phi) is 6.03. The van der Waals surface area contributed by atoms with Gasteiger partial charge in [-0.15, -0.1) is 11.3 Å². The Hall–Kier alpha value is -2.49. The van der Waals surface area contributed by atoms with Crippen molar-refractivity contribution in [1.29, 1.82) is 0 Å². The highest BCUT2D eigenvalue weighted by molar-refractivity contribution is 7.16. The lowest BCUT2D eigenvalue weighted by Gasteiger charge is -2.34. The lowest BCUT2D eigenvalue weighted by Crippen LogP contribution is -2.56. The number of aromatic nitrogens is 2. The Balaban J connectivity index is 1.40. The van der Waals surface area contributed by atoms with E-state index in [9.17, 15) is 14.0 Å². The number of thiazole rings is 1. The second-order valence-electron chi connectivity index (χ2n) is 7.22. The molecule has 1 saturated heterocycles. The molecule has 3 heterocycles. The Bertz CT molecular complexity index is 1050. The van der Waals surface area contributed by atoms with Crippen LogP contribution in [0.2, 0.25) is 5.02 Å². The van der Waals surface area contributed by atoms with Gasteiger partial charge in [0.25, 0.3) is 0 Å². The number of nitrogens with one attached hydrogen (secondary N) is 2. The number of piperazine rings is 1. The van der Waals surface area contributed by atoms with E-state index in [0.717, 1.165) is 15.5 Å². The summed E-state index contributed by atoms with van der Waals surface area (Å²) < 4.78 is 16.1. The highest BCUT2D eigenvalue weighted by Gasteiger charge is 2.32. The first kappa shape index (κ1) is 20.8. The first-order chi connectivity index (χ1) is 14.4. The Morgan fingerprint density at radius 3 is 3.03 bits per heavy atom. The average Bonchev–Trinajstić information content (AvgIpc) is 3.22. The van der Waals surface area contributed by atoms with E-state index in [1.165, 1.54) is 12.1 Å². The number of hydrogen-bond donors (Lipinski definition) is 2. The van der Waals surface area contributed by atoms with Crippen LogP contribution in [0.1, 0.15) is 22.6 Å². The maximum atomic E-state index is 14.2. The zero-order valence-corrected chi connectivity index (χ0v) is 17.9. The van der Waals surface area contributed by atoms with Crippen LogP contribution in [0.3, 0.4) is 0 Å². The fraction of sp³-hybridized carbons (Fsp3) is 0.350. The molecule has 0 saturated carbocycles. The quantitative estimate of drug-likeness (QED) is 0.606. The van der Waals surface area contributed by atoms with Gasteiger partial charge in [0.1, 0.15) is 5.82 Å². The van der Waals surface area contributed by atoms with Gasteiger partial charge in [-0.1, -0.05) is 17.7 Å². The molecule has 30 heavy (non-hydrogen) atoms. The summed E-state index contributed by atoms with van der Waals surface area (Å²) in [7, 11) is 0. The average molecular weight is 450 g/mol. The fourth-order valence-corrected chi connectivity index (χ4v) is 4.59.